The number of hydrogen-bond acceptors (Lipinski definition) is 2. The highest BCUT2D eigenvalue weighted by Crippen LogP contribution is 2.29. The van der Waals surface area contributed by atoms with Crippen LogP contribution in [0.3, 0.4) is 0 Å². The van der Waals surface area contributed by atoms with Gasteiger partial charge in [-0.1, -0.05) is 22.0 Å². The monoisotopic (exact) mass is 329 g/mol. The van der Waals surface area contributed by atoms with Gasteiger partial charge < -0.3 is 10.5 Å². The van der Waals surface area contributed by atoms with Crippen LogP contribution in [0.25, 0.3) is 0 Å². The fourth-order valence-electron chi connectivity index (χ4n) is 1.21. The quantitative estimate of drug-likeness (QED) is 0.835. The van der Waals surface area contributed by atoms with E-state index in [0.717, 1.165) is 5.56 Å². The lowest BCUT2D eigenvalue weighted by Gasteiger charge is -2.17. The zero-order valence-corrected chi connectivity index (χ0v) is 11.1. The minimum absolute atomic E-state index is 0.0756. The molecular weight excluding hydrogens is 318 g/mol. The van der Waals surface area contributed by atoms with Crippen molar-refractivity contribution in [1.29, 1.82) is 0 Å². The Bertz CT molecular complexity index is 412. The van der Waals surface area contributed by atoms with Crippen LogP contribution in [-0.2, 0) is 0 Å². The third-order valence-corrected chi connectivity index (χ3v) is 2.90. The Labute approximate surface area is 110 Å². The average Bonchev–Trinajstić information content (AvgIpc) is 2.25. The number of benzene rings is 1. The molecule has 2 N–H and O–H groups in total. The molecule has 0 radical (unpaired) electrons. The number of halogens is 5. The second-order valence-corrected chi connectivity index (χ2v) is 4.68. The Kier molecular flexibility index (Phi) is 4.98. The molecule has 0 spiro atoms. The van der Waals surface area contributed by atoms with Gasteiger partial charge in [0.2, 0.25) is 0 Å². The second-order valence-electron chi connectivity index (χ2n) is 3.82. The Balaban J connectivity index is 2.73. The normalized spacial score (nSPS) is 13.8. The Morgan fingerprint density at radius 1 is 1.39 bits per heavy atom. The molecule has 1 aromatic carbocycles. The lowest BCUT2D eigenvalue weighted by Crippen LogP contribution is -2.33. The molecule has 0 aromatic heterocycles. The molecule has 1 unspecified atom stereocenters. The van der Waals surface area contributed by atoms with Crippen LogP contribution in [-0.4, -0.2) is 19.0 Å². The van der Waals surface area contributed by atoms with Gasteiger partial charge in [0.05, 0.1) is 0 Å². The maximum Gasteiger partial charge on any atom is 0.340 e. The third kappa shape index (κ3) is 3.84. The van der Waals surface area contributed by atoms with E-state index in [0.29, 0.717) is 4.47 Å². The highest BCUT2D eigenvalue weighted by molar-refractivity contribution is 9.10. The third-order valence-electron chi connectivity index (χ3n) is 2.21. The van der Waals surface area contributed by atoms with Gasteiger partial charge in [0.1, 0.15) is 5.75 Å². The van der Waals surface area contributed by atoms with E-state index >= 15 is 0 Å². The van der Waals surface area contributed by atoms with Crippen LogP contribution in [0.15, 0.2) is 22.7 Å². The zero-order chi connectivity index (χ0) is 13.9. The fraction of sp³-hybridized carbons (Fsp3) is 0.455. The van der Waals surface area contributed by atoms with E-state index in [1.165, 1.54) is 12.1 Å². The maximum absolute atomic E-state index is 12.6. The van der Waals surface area contributed by atoms with Crippen molar-refractivity contribution in [3.63, 3.8) is 0 Å². The molecule has 0 aliphatic rings. The molecule has 0 heterocycles. The molecule has 0 fully saturated rings. The van der Waals surface area contributed by atoms with Crippen molar-refractivity contribution in [3.05, 3.63) is 28.2 Å². The van der Waals surface area contributed by atoms with Gasteiger partial charge in [-0.25, -0.2) is 8.78 Å². The van der Waals surface area contributed by atoms with Crippen molar-refractivity contribution in [2.24, 2.45) is 5.73 Å². The molecule has 1 rings (SSSR count). The lowest BCUT2D eigenvalue weighted by molar-refractivity contribution is -0.148. The standard InChI is InChI=1S/C11H12BrF4NO/c1-6(17)8-3-2-7(4-9(8)12)18-5-11(15,16)10(13)14/h2-4,6,10H,5,17H2,1H3. The van der Waals surface area contributed by atoms with Crippen LogP contribution < -0.4 is 10.5 Å². The van der Waals surface area contributed by atoms with Gasteiger partial charge >= 0.3 is 12.3 Å². The summed E-state index contributed by atoms with van der Waals surface area (Å²) in [4.78, 5) is 0. The maximum atomic E-state index is 12.6. The first kappa shape index (κ1) is 15.2. The summed E-state index contributed by atoms with van der Waals surface area (Å²) in [5.41, 5.74) is 6.42. The van der Waals surface area contributed by atoms with Gasteiger partial charge in [0, 0.05) is 10.5 Å². The molecule has 102 valence electrons. The highest BCUT2D eigenvalue weighted by atomic mass is 79.9. The number of rotatable bonds is 5. The first-order valence-electron chi connectivity index (χ1n) is 5.08. The van der Waals surface area contributed by atoms with E-state index in [9.17, 15) is 17.6 Å². The Hall–Kier alpha value is -0.820. The Morgan fingerprint density at radius 3 is 2.44 bits per heavy atom. The topological polar surface area (TPSA) is 35.2 Å². The zero-order valence-electron chi connectivity index (χ0n) is 9.47. The van der Waals surface area contributed by atoms with Gasteiger partial charge in [-0.3, -0.25) is 0 Å². The summed E-state index contributed by atoms with van der Waals surface area (Å²) < 4.78 is 54.3. The molecule has 0 amide bonds. The highest BCUT2D eigenvalue weighted by Gasteiger charge is 2.41. The van der Waals surface area contributed by atoms with E-state index in [1.54, 1.807) is 13.0 Å². The average molecular weight is 330 g/mol. The largest absolute Gasteiger partial charge is 0.487 e. The first-order chi connectivity index (χ1) is 8.24. The summed E-state index contributed by atoms with van der Waals surface area (Å²) in [5, 5.41) is 0. The first-order valence-corrected chi connectivity index (χ1v) is 5.87. The Morgan fingerprint density at radius 2 is 2.00 bits per heavy atom. The molecule has 0 aliphatic carbocycles. The minimum Gasteiger partial charge on any atom is -0.487 e. The van der Waals surface area contributed by atoms with Gasteiger partial charge in [-0.2, -0.15) is 8.78 Å². The van der Waals surface area contributed by atoms with E-state index in [2.05, 4.69) is 20.7 Å². The predicted octanol–water partition coefficient (Wildman–Crippen LogP) is 3.75. The minimum atomic E-state index is -4.16. The smallest absolute Gasteiger partial charge is 0.340 e. The van der Waals surface area contributed by atoms with Gasteiger partial charge in [0.15, 0.2) is 6.61 Å². The molecule has 0 bridgehead atoms. The number of alkyl halides is 4. The van der Waals surface area contributed by atoms with Crippen molar-refractivity contribution in [1.82, 2.24) is 0 Å². The van der Waals surface area contributed by atoms with Crippen LogP contribution in [0.1, 0.15) is 18.5 Å². The van der Waals surface area contributed by atoms with Crippen LogP contribution in [0.5, 0.6) is 5.75 Å². The number of ether oxygens (including phenoxy) is 1. The predicted molar refractivity (Wildman–Crippen MR) is 63.2 cm³/mol. The molecule has 1 atom stereocenters. The molecule has 7 heteroatoms. The van der Waals surface area contributed by atoms with Crippen molar-refractivity contribution in [3.8, 4) is 5.75 Å². The number of hydrogen-bond donors (Lipinski definition) is 1. The van der Waals surface area contributed by atoms with Crippen LogP contribution in [0, 0.1) is 0 Å². The summed E-state index contributed by atoms with van der Waals surface area (Å²) in [5.74, 6) is -4.08. The molecule has 0 aliphatic heterocycles. The van der Waals surface area contributed by atoms with E-state index in [1.807, 2.05) is 0 Å². The molecular formula is C11H12BrF4NO. The molecule has 0 saturated carbocycles. The summed E-state index contributed by atoms with van der Waals surface area (Å²) in [7, 11) is 0. The van der Waals surface area contributed by atoms with Crippen molar-refractivity contribution in [2.45, 2.75) is 25.3 Å². The van der Waals surface area contributed by atoms with Crippen molar-refractivity contribution < 1.29 is 22.3 Å². The molecule has 1 aromatic rings. The van der Waals surface area contributed by atoms with E-state index < -0.39 is 19.0 Å². The lowest BCUT2D eigenvalue weighted by atomic mass is 10.1. The summed E-state index contributed by atoms with van der Waals surface area (Å²) in [6, 6.07) is 4.17. The number of nitrogens with two attached hydrogens (primary N) is 1. The molecule has 0 saturated heterocycles. The SMILES string of the molecule is CC(N)c1ccc(OCC(F)(F)C(F)F)cc1Br. The van der Waals surface area contributed by atoms with E-state index in [-0.39, 0.29) is 11.8 Å². The fourth-order valence-corrected chi connectivity index (χ4v) is 1.93. The van der Waals surface area contributed by atoms with Crippen LogP contribution in [0.4, 0.5) is 17.6 Å². The second kappa shape index (κ2) is 5.88. The van der Waals surface area contributed by atoms with Crippen LogP contribution >= 0.6 is 15.9 Å². The summed E-state index contributed by atoms with van der Waals surface area (Å²) in [6.07, 6.45) is -3.75. The molecule has 2 nitrogen and oxygen atoms in total. The van der Waals surface area contributed by atoms with Gasteiger partial charge in [-0.05, 0) is 24.6 Å². The van der Waals surface area contributed by atoms with Crippen molar-refractivity contribution in [2.75, 3.05) is 6.61 Å². The van der Waals surface area contributed by atoms with Gasteiger partial charge in [-0.15, -0.1) is 0 Å². The van der Waals surface area contributed by atoms with E-state index in [4.69, 9.17) is 5.73 Å². The van der Waals surface area contributed by atoms with Gasteiger partial charge in [0.25, 0.3) is 0 Å². The van der Waals surface area contributed by atoms with Crippen LogP contribution in [0.2, 0.25) is 0 Å². The summed E-state index contributed by atoms with van der Waals surface area (Å²) >= 11 is 3.20. The van der Waals surface area contributed by atoms with Crippen molar-refractivity contribution >= 4 is 15.9 Å². The summed E-state index contributed by atoms with van der Waals surface area (Å²) in [6.45, 7) is 0.389. The molecule has 18 heavy (non-hydrogen) atoms.